The lowest BCUT2D eigenvalue weighted by atomic mass is 10.1. The first kappa shape index (κ1) is 14.4. The number of hydrogen-bond acceptors (Lipinski definition) is 2. The number of carbonyl (C=O) groups excluding carboxylic acids is 2. The van der Waals surface area contributed by atoms with E-state index in [1.165, 1.54) is 4.90 Å². The average Bonchev–Trinajstić information content (AvgIpc) is 2.68. The highest BCUT2D eigenvalue weighted by molar-refractivity contribution is 6.52. The molecule has 0 aromatic heterocycles. The van der Waals surface area contributed by atoms with E-state index in [2.05, 4.69) is 0 Å². The van der Waals surface area contributed by atoms with Crippen LogP contribution < -0.4 is 4.90 Å². The quantitative estimate of drug-likeness (QED) is 0.761. The second-order valence-corrected chi connectivity index (χ2v) is 5.82. The Morgan fingerprint density at radius 1 is 1.00 bits per heavy atom. The van der Waals surface area contributed by atoms with Crippen LogP contribution in [0.2, 0.25) is 15.1 Å². The van der Waals surface area contributed by atoms with Crippen molar-refractivity contribution >= 4 is 52.2 Å². The number of Topliss-reactive ketones (excluding diaryl/α,β-unsaturated/α-hetero) is 1. The van der Waals surface area contributed by atoms with Crippen molar-refractivity contribution in [1.82, 2.24) is 0 Å². The van der Waals surface area contributed by atoms with E-state index in [0.29, 0.717) is 31.9 Å². The van der Waals surface area contributed by atoms with E-state index in [0.717, 1.165) is 0 Å². The monoisotopic (exact) mass is 339 g/mol. The van der Waals surface area contributed by atoms with Gasteiger partial charge >= 0.3 is 0 Å². The Morgan fingerprint density at radius 2 is 1.76 bits per heavy atom. The van der Waals surface area contributed by atoms with E-state index in [9.17, 15) is 9.59 Å². The second kappa shape index (κ2) is 5.34. The van der Waals surface area contributed by atoms with Crippen molar-refractivity contribution in [3.05, 3.63) is 62.6 Å². The van der Waals surface area contributed by atoms with Crippen LogP contribution in [0.25, 0.3) is 0 Å². The van der Waals surface area contributed by atoms with Gasteiger partial charge in [-0.15, -0.1) is 0 Å². The van der Waals surface area contributed by atoms with E-state index in [4.69, 9.17) is 34.8 Å². The summed E-state index contributed by atoms with van der Waals surface area (Å²) in [6.45, 7) is 0.164. The number of nitrogens with zero attached hydrogens (tertiary/aromatic N) is 1. The fourth-order valence-electron chi connectivity index (χ4n) is 2.27. The SMILES string of the molecule is O=C1C(=O)N(Cc2cccc(Cl)c2Cl)c2cc(Cl)ccc21. The molecule has 0 saturated heterocycles. The van der Waals surface area contributed by atoms with Crippen molar-refractivity contribution in [3.63, 3.8) is 0 Å². The van der Waals surface area contributed by atoms with Crippen LogP contribution in [0.3, 0.4) is 0 Å². The van der Waals surface area contributed by atoms with Gasteiger partial charge in [0.05, 0.1) is 27.8 Å². The molecule has 1 aliphatic rings. The number of carbonyl (C=O) groups is 2. The molecular weight excluding hydrogens is 333 g/mol. The number of amides is 1. The molecule has 2 aromatic rings. The number of ketones is 1. The smallest absolute Gasteiger partial charge is 0.299 e. The summed E-state index contributed by atoms with van der Waals surface area (Å²) in [5.74, 6) is -1.14. The maximum absolute atomic E-state index is 12.1. The van der Waals surface area contributed by atoms with Gasteiger partial charge in [0.2, 0.25) is 0 Å². The standard InChI is InChI=1S/C15H8Cl3NO2/c16-9-4-5-10-12(6-9)19(15(21)14(10)20)7-8-2-1-3-11(17)13(8)18/h1-6H,7H2. The number of hydrogen-bond donors (Lipinski definition) is 0. The highest BCUT2D eigenvalue weighted by atomic mass is 35.5. The lowest BCUT2D eigenvalue weighted by molar-refractivity contribution is -0.114. The number of anilines is 1. The molecule has 0 unspecified atom stereocenters. The van der Waals surface area contributed by atoms with Gasteiger partial charge in [-0.2, -0.15) is 0 Å². The molecule has 0 N–H and O–H groups in total. The number of halogens is 3. The number of benzene rings is 2. The molecule has 0 atom stereocenters. The average molecular weight is 341 g/mol. The number of rotatable bonds is 2. The molecule has 0 saturated carbocycles. The van der Waals surface area contributed by atoms with Crippen LogP contribution in [0.15, 0.2) is 36.4 Å². The molecule has 21 heavy (non-hydrogen) atoms. The Balaban J connectivity index is 2.04. The predicted molar refractivity (Wildman–Crippen MR) is 83.4 cm³/mol. The third-order valence-corrected chi connectivity index (χ3v) is 4.39. The number of fused-ring (bicyclic) bond motifs is 1. The Labute approximate surface area is 136 Å². The van der Waals surface area contributed by atoms with Crippen molar-refractivity contribution in [2.24, 2.45) is 0 Å². The summed E-state index contributed by atoms with van der Waals surface area (Å²) in [7, 11) is 0. The minimum absolute atomic E-state index is 0.164. The zero-order valence-electron chi connectivity index (χ0n) is 10.6. The molecule has 0 bridgehead atoms. The lowest BCUT2D eigenvalue weighted by Crippen LogP contribution is -2.29. The van der Waals surface area contributed by atoms with E-state index in [1.807, 2.05) is 0 Å². The molecule has 6 heteroatoms. The maximum Gasteiger partial charge on any atom is 0.299 e. The first-order valence-electron chi connectivity index (χ1n) is 6.07. The van der Waals surface area contributed by atoms with Gasteiger partial charge in [-0.05, 0) is 29.8 Å². The van der Waals surface area contributed by atoms with Crippen molar-refractivity contribution in [1.29, 1.82) is 0 Å². The van der Waals surface area contributed by atoms with E-state index >= 15 is 0 Å². The van der Waals surface area contributed by atoms with Crippen LogP contribution in [-0.2, 0) is 11.3 Å². The first-order valence-corrected chi connectivity index (χ1v) is 7.21. The Hall–Kier alpha value is -1.55. The highest BCUT2D eigenvalue weighted by Crippen LogP contribution is 2.34. The van der Waals surface area contributed by atoms with Gasteiger partial charge in [0.25, 0.3) is 11.7 Å². The molecule has 0 radical (unpaired) electrons. The second-order valence-electron chi connectivity index (χ2n) is 4.59. The minimum atomic E-state index is -0.594. The zero-order chi connectivity index (χ0) is 15.1. The normalized spacial score (nSPS) is 13.8. The van der Waals surface area contributed by atoms with Crippen LogP contribution in [-0.4, -0.2) is 11.7 Å². The molecule has 2 aromatic carbocycles. The first-order chi connectivity index (χ1) is 9.99. The molecule has 0 fully saturated rings. The molecule has 3 rings (SSSR count). The van der Waals surface area contributed by atoms with Gasteiger partial charge in [-0.3, -0.25) is 9.59 Å². The molecule has 1 amide bonds. The summed E-state index contributed by atoms with van der Waals surface area (Å²) >= 11 is 18.0. The van der Waals surface area contributed by atoms with E-state index in [-0.39, 0.29) is 6.54 Å². The summed E-state index contributed by atoms with van der Waals surface area (Å²) < 4.78 is 0. The fraction of sp³-hybridized carbons (Fsp3) is 0.0667. The largest absolute Gasteiger partial charge is 0.300 e. The predicted octanol–water partition coefficient (Wildman–Crippen LogP) is 4.38. The summed E-state index contributed by atoms with van der Waals surface area (Å²) in [5, 5.41) is 1.23. The van der Waals surface area contributed by atoms with Crippen molar-refractivity contribution in [3.8, 4) is 0 Å². The van der Waals surface area contributed by atoms with Crippen molar-refractivity contribution in [2.75, 3.05) is 4.90 Å². The van der Waals surface area contributed by atoms with Gasteiger partial charge in [0, 0.05) is 5.02 Å². The zero-order valence-corrected chi connectivity index (χ0v) is 12.8. The van der Waals surface area contributed by atoms with Crippen LogP contribution in [0.1, 0.15) is 15.9 Å². The Morgan fingerprint density at radius 3 is 2.52 bits per heavy atom. The van der Waals surface area contributed by atoms with Gasteiger partial charge < -0.3 is 4.90 Å². The van der Waals surface area contributed by atoms with Crippen LogP contribution in [0.4, 0.5) is 5.69 Å². The molecule has 3 nitrogen and oxygen atoms in total. The molecular formula is C15H8Cl3NO2. The van der Waals surface area contributed by atoms with Crippen LogP contribution >= 0.6 is 34.8 Å². The summed E-state index contributed by atoms with van der Waals surface area (Å²) in [5.41, 5.74) is 1.51. The highest BCUT2D eigenvalue weighted by Gasteiger charge is 2.36. The van der Waals surface area contributed by atoms with Gasteiger partial charge in [0.1, 0.15) is 0 Å². The van der Waals surface area contributed by atoms with Gasteiger partial charge in [-0.1, -0.05) is 46.9 Å². The summed E-state index contributed by atoms with van der Waals surface area (Å²) in [6, 6.07) is 9.89. The molecule has 0 spiro atoms. The lowest BCUT2D eigenvalue weighted by Gasteiger charge is -2.17. The topological polar surface area (TPSA) is 37.4 Å². The van der Waals surface area contributed by atoms with Crippen molar-refractivity contribution < 1.29 is 9.59 Å². The third kappa shape index (κ3) is 2.42. The van der Waals surface area contributed by atoms with Crippen LogP contribution in [0, 0.1) is 0 Å². The third-order valence-electron chi connectivity index (χ3n) is 3.29. The van der Waals surface area contributed by atoms with Gasteiger partial charge in [-0.25, -0.2) is 0 Å². The van der Waals surface area contributed by atoms with Crippen LogP contribution in [0.5, 0.6) is 0 Å². The summed E-state index contributed by atoms with van der Waals surface area (Å²) in [4.78, 5) is 25.5. The van der Waals surface area contributed by atoms with E-state index in [1.54, 1.807) is 36.4 Å². The molecule has 106 valence electrons. The van der Waals surface area contributed by atoms with Crippen molar-refractivity contribution in [2.45, 2.75) is 6.54 Å². The summed E-state index contributed by atoms with van der Waals surface area (Å²) in [6.07, 6.45) is 0. The maximum atomic E-state index is 12.1. The molecule has 1 aliphatic heterocycles. The van der Waals surface area contributed by atoms with Gasteiger partial charge in [0.15, 0.2) is 0 Å². The molecule has 1 heterocycles. The minimum Gasteiger partial charge on any atom is -0.300 e. The fourth-order valence-corrected chi connectivity index (χ4v) is 2.81. The molecule has 0 aliphatic carbocycles. The Bertz CT molecular complexity index is 774. The van der Waals surface area contributed by atoms with E-state index < -0.39 is 11.7 Å². The Kier molecular flexibility index (Phi) is 3.66.